The van der Waals surface area contributed by atoms with E-state index in [1.165, 1.54) is 6.42 Å². The number of nitrogens with zero attached hydrogens (tertiary/aromatic N) is 4. The highest BCUT2D eigenvalue weighted by atomic mass is 15.3. The Bertz CT molecular complexity index is 386. The van der Waals surface area contributed by atoms with Gasteiger partial charge in [-0.05, 0) is 30.8 Å². The van der Waals surface area contributed by atoms with Crippen molar-refractivity contribution < 1.29 is 0 Å². The Labute approximate surface area is 109 Å². The van der Waals surface area contributed by atoms with E-state index in [-0.39, 0.29) is 5.41 Å². The molecular weight excluding hydrogens is 226 g/mol. The molecule has 2 rings (SSSR count). The highest BCUT2D eigenvalue weighted by Crippen LogP contribution is 2.29. The maximum Gasteiger partial charge on any atom is 0.141 e. The van der Waals surface area contributed by atoms with Crippen LogP contribution < -0.4 is 5.73 Å². The summed E-state index contributed by atoms with van der Waals surface area (Å²) < 4.78 is 2.03. The predicted molar refractivity (Wildman–Crippen MR) is 71.9 cm³/mol. The summed E-state index contributed by atoms with van der Waals surface area (Å²) in [5.41, 5.74) is 6.12. The van der Waals surface area contributed by atoms with Crippen molar-refractivity contribution in [2.75, 3.05) is 19.6 Å². The van der Waals surface area contributed by atoms with E-state index in [4.69, 9.17) is 5.73 Å². The summed E-state index contributed by atoms with van der Waals surface area (Å²) in [6, 6.07) is 0. The second-order valence-electron chi connectivity index (χ2n) is 6.23. The minimum Gasteiger partial charge on any atom is -0.330 e. The van der Waals surface area contributed by atoms with Crippen LogP contribution in [-0.4, -0.2) is 39.3 Å². The molecule has 0 spiro atoms. The van der Waals surface area contributed by atoms with Crippen LogP contribution in [0.25, 0.3) is 0 Å². The first-order valence-corrected chi connectivity index (χ1v) is 6.81. The smallest absolute Gasteiger partial charge is 0.141 e. The second kappa shape index (κ2) is 5.36. The summed E-state index contributed by atoms with van der Waals surface area (Å²) >= 11 is 0. The molecule has 5 heteroatoms. The summed E-state index contributed by atoms with van der Waals surface area (Å²) in [4.78, 5) is 6.82. The van der Waals surface area contributed by atoms with Gasteiger partial charge in [0.15, 0.2) is 0 Å². The molecule has 1 aromatic heterocycles. The Kier molecular flexibility index (Phi) is 4.02. The molecule has 0 aliphatic carbocycles. The van der Waals surface area contributed by atoms with Gasteiger partial charge in [-0.1, -0.05) is 20.8 Å². The lowest BCUT2D eigenvalue weighted by Gasteiger charge is -2.22. The first kappa shape index (κ1) is 13.5. The lowest BCUT2D eigenvalue weighted by atomic mass is 9.90. The number of nitrogens with two attached hydrogens (primary N) is 1. The normalized spacial score (nSPS) is 25.2. The fourth-order valence-electron chi connectivity index (χ4n) is 2.54. The third-order valence-electron chi connectivity index (χ3n) is 3.73. The minimum absolute atomic E-state index is 0.281. The third-order valence-corrected chi connectivity index (χ3v) is 3.73. The van der Waals surface area contributed by atoms with Crippen LogP contribution in [0, 0.1) is 11.3 Å². The molecule has 1 aliphatic heterocycles. The van der Waals surface area contributed by atoms with E-state index in [9.17, 15) is 0 Å². The van der Waals surface area contributed by atoms with Crippen molar-refractivity contribution in [3.8, 4) is 0 Å². The molecule has 2 heterocycles. The molecule has 5 nitrogen and oxygen atoms in total. The van der Waals surface area contributed by atoms with Crippen LogP contribution in [0.4, 0.5) is 0 Å². The maximum atomic E-state index is 5.84. The van der Waals surface area contributed by atoms with Crippen LogP contribution in [0.5, 0.6) is 0 Å². The van der Waals surface area contributed by atoms with Gasteiger partial charge in [0.2, 0.25) is 0 Å². The molecule has 18 heavy (non-hydrogen) atoms. The molecular formula is C13H25N5. The topological polar surface area (TPSA) is 60.0 Å². The first-order valence-electron chi connectivity index (χ1n) is 6.81. The fraction of sp³-hybridized carbons (Fsp3) is 0.846. The van der Waals surface area contributed by atoms with Crippen molar-refractivity contribution in [2.24, 2.45) is 17.1 Å². The van der Waals surface area contributed by atoms with Crippen molar-refractivity contribution in [1.29, 1.82) is 0 Å². The highest BCUT2D eigenvalue weighted by Gasteiger charge is 2.32. The summed E-state index contributed by atoms with van der Waals surface area (Å²) in [7, 11) is 0. The van der Waals surface area contributed by atoms with Crippen molar-refractivity contribution in [1.82, 2.24) is 19.7 Å². The molecule has 0 saturated carbocycles. The highest BCUT2D eigenvalue weighted by molar-refractivity contribution is 4.92. The van der Waals surface area contributed by atoms with E-state index in [1.807, 2.05) is 4.68 Å². The standard InChI is InChI=1S/C13H25N5/c1-11(2)6-18-12(15-10-16-18)7-17-5-4-13(3,8-14)9-17/h10-11H,4-9,14H2,1-3H3. The van der Waals surface area contributed by atoms with E-state index in [0.717, 1.165) is 38.5 Å². The van der Waals surface area contributed by atoms with Gasteiger partial charge in [-0.3, -0.25) is 4.90 Å². The van der Waals surface area contributed by atoms with Crippen molar-refractivity contribution in [3.63, 3.8) is 0 Å². The van der Waals surface area contributed by atoms with Crippen LogP contribution in [0.3, 0.4) is 0 Å². The average Bonchev–Trinajstić information content (AvgIpc) is 2.88. The Morgan fingerprint density at radius 2 is 2.28 bits per heavy atom. The second-order valence-corrected chi connectivity index (χ2v) is 6.23. The molecule has 102 valence electrons. The molecule has 0 bridgehead atoms. The molecule has 0 aromatic carbocycles. The Morgan fingerprint density at radius 1 is 1.50 bits per heavy atom. The lowest BCUT2D eigenvalue weighted by Crippen LogP contribution is -2.31. The zero-order valence-electron chi connectivity index (χ0n) is 11.8. The van der Waals surface area contributed by atoms with E-state index < -0.39 is 0 Å². The Morgan fingerprint density at radius 3 is 2.89 bits per heavy atom. The van der Waals surface area contributed by atoms with Gasteiger partial charge in [0.1, 0.15) is 12.2 Å². The van der Waals surface area contributed by atoms with Gasteiger partial charge in [-0.2, -0.15) is 5.10 Å². The number of hydrogen-bond acceptors (Lipinski definition) is 4. The van der Waals surface area contributed by atoms with Crippen LogP contribution in [0.2, 0.25) is 0 Å². The molecule has 1 aliphatic rings. The van der Waals surface area contributed by atoms with E-state index in [1.54, 1.807) is 6.33 Å². The zero-order chi connectivity index (χ0) is 13.2. The summed E-state index contributed by atoms with van der Waals surface area (Å²) in [6.45, 7) is 11.5. The average molecular weight is 251 g/mol. The molecule has 1 saturated heterocycles. The van der Waals surface area contributed by atoms with E-state index >= 15 is 0 Å². The summed E-state index contributed by atoms with van der Waals surface area (Å²) in [6.07, 6.45) is 2.84. The first-order chi connectivity index (χ1) is 8.52. The molecule has 1 unspecified atom stereocenters. The molecule has 0 amide bonds. The number of aromatic nitrogens is 3. The molecule has 1 aromatic rings. The predicted octanol–water partition coefficient (Wildman–Crippen LogP) is 1.10. The quantitative estimate of drug-likeness (QED) is 0.851. The van der Waals surface area contributed by atoms with Crippen molar-refractivity contribution in [2.45, 2.75) is 40.3 Å². The minimum atomic E-state index is 0.281. The van der Waals surface area contributed by atoms with Crippen LogP contribution in [0.15, 0.2) is 6.33 Å². The largest absolute Gasteiger partial charge is 0.330 e. The van der Waals surface area contributed by atoms with Crippen molar-refractivity contribution >= 4 is 0 Å². The fourth-order valence-corrected chi connectivity index (χ4v) is 2.54. The number of rotatable bonds is 5. The van der Waals surface area contributed by atoms with Gasteiger partial charge >= 0.3 is 0 Å². The summed E-state index contributed by atoms with van der Waals surface area (Å²) in [5.74, 6) is 1.67. The SMILES string of the molecule is CC(C)Cn1ncnc1CN1CCC(C)(CN)C1. The van der Waals surface area contributed by atoms with Gasteiger partial charge in [0.05, 0.1) is 6.54 Å². The van der Waals surface area contributed by atoms with Gasteiger partial charge < -0.3 is 5.73 Å². The van der Waals surface area contributed by atoms with Crippen LogP contribution in [0.1, 0.15) is 33.0 Å². The van der Waals surface area contributed by atoms with Crippen LogP contribution in [-0.2, 0) is 13.1 Å². The van der Waals surface area contributed by atoms with E-state index in [2.05, 4.69) is 35.8 Å². The van der Waals surface area contributed by atoms with E-state index in [0.29, 0.717) is 5.92 Å². The lowest BCUT2D eigenvalue weighted by molar-refractivity contribution is 0.263. The van der Waals surface area contributed by atoms with Crippen LogP contribution >= 0.6 is 0 Å². The van der Waals surface area contributed by atoms with Gasteiger partial charge in [-0.25, -0.2) is 9.67 Å². The van der Waals surface area contributed by atoms with Crippen molar-refractivity contribution in [3.05, 3.63) is 12.2 Å². The van der Waals surface area contributed by atoms with Gasteiger partial charge in [-0.15, -0.1) is 0 Å². The number of hydrogen-bond donors (Lipinski definition) is 1. The molecule has 0 radical (unpaired) electrons. The zero-order valence-corrected chi connectivity index (χ0v) is 11.8. The molecule has 2 N–H and O–H groups in total. The Balaban J connectivity index is 1.96. The maximum absolute atomic E-state index is 5.84. The molecule has 1 atom stereocenters. The monoisotopic (exact) mass is 251 g/mol. The summed E-state index contributed by atoms with van der Waals surface area (Å²) in [5, 5.41) is 4.31. The van der Waals surface area contributed by atoms with Gasteiger partial charge in [0, 0.05) is 13.1 Å². The molecule has 1 fully saturated rings. The number of likely N-dealkylation sites (tertiary alicyclic amines) is 1. The van der Waals surface area contributed by atoms with Gasteiger partial charge in [0.25, 0.3) is 0 Å². The third kappa shape index (κ3) is 3.09. The Hall–Kier alpha value is -0.940.